The second-order valence-corrected chi connectivity index (χ2v) is 9.09. The number of carbonyl (C=O) groups is 1. The lowest BCUT2D eigenvalue weighted by Gasteiger charge is -2.16. The van der Waals surface area contributed by atoms with Gasteiger partial charge in [-0.25, -0.2) is 4.79 Å². The quantitative estimate of drug-likeness (QED) is 0.746. The largest absolute Gasteiger partial charge is 0.297 e. The zero-order valence-corrected chi connectivity index (χ0v) is 11.7. The smallest absolute Gasteiger partial charge is 0.247 e. The lowest BCUT2D eigenvalue weighted by Crippen LogP contribution is -2.07. The Hall–Kier alpha value is -1.46. The maximum absolute atomic E-state index is 12.5. The minimum atomic E-state index is -1.62. The molecule has 0 aliphatic heterocycles. The zero-order valence-electron chi connectivity index (χ0n) is 10.8. The Morgan fingerprint density at radius 3 is 1.94 bits per heavy atom. The second-order valence-electron chi connectivity index (χ2n) is 5.00. The Balaban J connectivity index is 2.19. The van der Waals surface area contributed by atoms with Gasteiger partial charge in [-0.2, -0.15) is 0 Å². The topological polar surface area (TPSA) is 17.1 Å². The molecule has 0 saturated heterocycles. The summed E-state index contributed by atoms with van der Waals surface area (Å²) < 4.78 is 0. The summed E-state index contributed by atoms with van der Waals surface area (Å²) >= 11 is 0. The van der Waals surface area contributed by atoms with Crippen molar-refractivity contribution in [2.24, 2.45) is 0 Å². The van der Waals surface area contributed by atoms with E-state index in [-0.39, 0.29) is 0 Å². The lowest BCUT2D eigenvalue weighted by atomic mass is 10.2. The van der Waals surface area contributed by atoms with Crippen molar-refractivity contribution in [3.63, 3.8) is 0 Å². The van der Waals surface area contributed by atoms with Crippen molar-refractivity contribution in [1.29, 1.82) is 0 Å². The highest BCUT2D eigenvalue weighted by Crippen LogP contribution is 2.56. The Labute approximate surface area is 109 Å². The van der Waals surface area contributed by atoms with Crippen molar-refractivity contribution in [2.45, 2.75) is 6.16 Å². The van der Waals surface area contributed by atoms with Crippen LogP contribution >= 0.6 is 7.26 Å². The van der Waals surface area contributed by atoms with Crippen LogP contribution in [0.1, 0.15) is 15.9 Å². The number of benzene rings is 2. The summed E-state index contributed by atoms with van der Waals surface area (Å²) in [4.78, 5) is 12.5. The van der Waals surface area contributed by atoms with Crippen molar-refractivity contribution < 1.29 is 4.79 Å². The van der Waals surface area contributed by atoms with Crippen LogP contribution in [0, 0.1) is 0 Å². The summed E-state index contributed by atoms with van der Waals surface area (Å²) in [6, 6.07) is 19.9. The van der Waals surface area contributed by atoms with Crippen molar-refractivity contribution in [2.75, 3.05) is 13.3 Å². The predicted octanol–water partition coefficient (Wildman–Crippen LogP) is 4.30. The van der Waals surface area contributed by atoms with Gasteiger partial charge in [0.05, 0.1) is 32.3 Å². The molecule has 2 rings (SSSR count). The molecule has 0 spiro atoms. The van der Waals surface area contributed by atoms with Crippen LogP contribution in [0.15, 0.2) is 60.7 Å². The molecule has 92 valence electrons. The summed E-state index contributed by atoms with van der Waals surface area (Å²) in [7, 11) is -1.62. The molecule has 0 heterocycles. The van der Waals surface area contributed by atoms with Gasteiger partial charge in [-0.3, -0.25) is 0 Å². The Bertz CT molecular complexity index is 517. The molecule has 0 saturated carbocycles. The zero-order chi connectivity index (χ0) is 13.0. The SMILES string of the molecule is C[P+](C)(Cc1ccccc1)C(=O)c1ccccc1. The molecule has 1 nitrogen and oxygen atoms in total. The highest BCUT2D eigenvalue weighted by Gasteiger charge is 2.36. The maximum atomic E-state index is 12.5. The van der Waals surface area contributed by atoms with Gasteiger partial charge in [-0.1, -0.05) is 48.5 Å². The highest BCUT2D eigenvalue weighted by molar-refractivity contribution is 7.89. The van der Waals surface area contributed by atoms with E-state index < -0.39 is 7.26 Å². The first-order valence-electron chi connectivity index (χ1n) is 6.06. The summed E-state index contributed by atoms with van der Waals surface area (Å²) in [6.07, 6.45) is 0.877. The summed E-state index contributed by atoms with van der Waals surface area (Å²) in [5.74, 6) is 0. The Morgan fingerprint density at radius 1 is 0.889 bits per heavy atom. The molecular formula is C16H18OP+. The van der Waals surface area contributed by atoms with E-state index in [1.165, 1.54) is 5.56 Å². The molecule has 0 N–H and O–H groups in total. The van der Waals surface area contributed by atoms with E-state index in [0.29, 0.717) is 5.52 Å². The van der Waals surface area contributed by atoms with Crippen LogP contribution in [0.4, 0.5) is 0 Å². The van der Waals surface area contributed by atoms with E-state index in [1.807, 2.05) is 48.5 Å². The highest BCUT2D eigenvalue weighted by atomic mass is 31.2. The number of hydrogen-bond donors (Lipinski definition) is 0. The van der Waals surface area contributed by atoms with Crippen LogP contribution in [0.3, 0.4) is 0 Å². The van der Waals surface area contributed by atoms with Crippen LogP contribution < -0.4 is 0 Å². The van der Waals surface area contributed by atoms with Gasteiger partial charge in [0.2, 0.25) is 0 Å². The third-order valence-corrected chi connectivity index (χ3v) is 5.50. The predicted molar refractivity (Wildman–Crippen MR) is 79.7 cm³/mol. The van der Waals surface area contributed by atoms with Crippen LogP contribution in [0.5, 0.6) is 0 Å². The van der Waals surface area contributed by atoms with Gasteiger partial charge in [0, 0.05) is 0 Å². The van der Waals surface area contributed by atoms with Crippen molar-refractivity contribution in [3.05, 3.63) is 71.8 Å². The van der Waals surface area contributed by atoms with Gasteiger partial charge in [0.1, 0.15) is 0 Å². The third-order valence-electron chi connectivity index (χ3n) is 2.99. The molecule has 0 amide bonds. The van der Waals surface area contributed by atoms with Crippen molar-refractivity contribution in [3.8, 4) is 0 Å². The van der Waals surface area contributed by atoms with E-state index in [0.717, 1.165) is 11.7 Å². The average Bonchev–Trinajstić information content (AvgIpc) is 2.39. The Morgan fingerprint density at radius 2 is 1.39 bits per heavy atom. The second kappa shape index (κ2) is 5.46. The fourth-order valence-electron chi connectivity index (χ4n) is 2.04. The van der Waals surface area contributed by atoms with E-state index in [4.69, 9.17) is 0 Å². The summed E-state index contributed by atoms with van der Waals surface area (Å²) in [5.41, 5.74) is 2.40. The molecule has 0 radical (unpaired) electrons. The minimum absolute atomic E-state index is 0.312. The standard InChI is InChI=1S/C16H18OP/c1-18(2,13-14-9-5-3-6-10-14)16(17)15-11-7-4-8-12-15/h3-12H,13H2,1-2H3/q+1. The van der Waals surface area contributed by atoms with Gasteiger partial charge in [0.15, 0.2) is 0 Å². The number of carbonyl (C=O) groups excluding carboxylic acids is 1. The molecular weight excluding hydrogens is 239 g/mol. The monoisotopic (exact) mass is 257 g/mol. The number of rotatable bonds is 4. The first-order valence-corrected chi connectivity index (χ1v) is 8.93. The van der Waals surface area contributed by atoms with Gasteiger partial charge < -0.3 is 0 Å². The van der Waals surface area contributed by atoms with Gasteiger partial charge in [-0.05, 0) is 17.7 Å². The van der Waals surface area contributed by atoms with Gasteiger partial charge in [-0.15, -0.1) is 0 Å². The molecule has 0 unspecified atom stereocenters. The molecule has 2 aromatic rings. The summed E-state index contributed by atoms with van der Waals surface area (Å²) in [6.45, 7) is 4.24. The summed E-state index contributed by atoms with van der Waals surface area (Å²) in [5, 5.41) is 0. The van der Waals surface area contributed by atoms with E-state index >= 15 is 0 Å². The molecule has 2 aromatic carbocycles. The molecule has 0 aliphatic carbocycles. The molecule has 0 aromatic heterocycles. The fraction of sp³-hybridized carbons (Fsp3) is 0.188. The first kappa shape index (κ1) is 13.0. The molecule has 0 bridgehead atoms. The van der Waals surface area contributed by atoms with Crippen LogP contribution in [-0.4, -0.2) is 18.9 Å². The number of hydrogen-bond acceptors (Lipinski definition) is 1. The minimum Gasteiger partial charge on any atom is -0.247 e. The molecule has 0 fully saturated rings. The fourth-order valence-corrected chi connectivity index (χ4v) is 4.16. The van der Waals surface area contributed by atoms with E-state index in [1.54, 1.807) is 0 Å². The van der Waals surface area contributed by atoms with Crippen molar-refractivity contribution in [1.82, 2.24) is 0 Å². The maximum Gasteiger partial charge on any atom is 0.297 e. The van der Waals surface area contributed by atoms with Crippen molar-refractivity contribution >= 4 is 12.8 Å². The van der Waals surface area contributed by atoms with E-state index in [2.05, 4.69) is 25.5 Å². The van der Waals surface area contributed by atoms with Crippen LogP contribution in [0.25, 0.3) is 0 Å². The van der Waals surface area contributed by atoms with E-state index in [9.17, 15) is 4.79 Å². The molecule has 2 heteroatoms. The van der Waals surface area contributed by atoms with Crippen LogP contribution in [0.2, 0.25) is 0 Å². The lowest BCUT2D eigenvalue weighted by molar-refractivity contribution is 0.107. The van der Waals surface area contributed by atoms with Crippen LogP contribution in [-0.2, 0) is 6.16 Å². The molecule has 0 atom stereocenters. The molecule has 0 aliphatic rings. The van der Waals surface area contributed by atoms with Gasteiger partial charge in [0.25, 0.3) is 5.52 Å². The Kier molecular flexibility index (Phi) is 3.93. The normalized spacial score (nSPS) is 11.2. The third kappa shape index (κ3) is 3.05. The molecule has 18 heavy (non-hydrogen) atoms. The average molecular weight is 257 g/mol. The van der Waals surface area contributed by atoms with Gasteiger partial charge >= 0.3 is 0 Å². The first-order chi connectivity index (χ1) is 8.59.